The molecule has 4 nitrogen and oxygen atoms in total. The second-order valence-corrected chi connectivity index (χ2v) is 5.60. The van der Waals surface area contributed by atoms with Gasteiger partial charge in [0.2, 0.25) is 0 Å². The molecule has 0 aromatic heterocycles. The van der Waals surface area contributed by atoms with Crippen molar-refractivity contribution in [3.8, 4) is 5.75 Å². The largest absolute Gasteiger partial charge is 0.482 e. The fourth-order valence-corrected chi connectivity index (χ4v) is 2.76. The number of fused-ring (bicyclic) bond motifs is 1. The third-order valence-electron chi connectivity index (χ3n) is 3.83. The van der Waals surface area contributed by atoms with Crippen LogP contribution in [-0.2, 0) is 16.1 Å². The number of hydrogen-bond acceptors (Lipinski definition) is 4. The van der Waals surface area contributed by atoms with Gasteiger partial charge >= 0.3 is 5.97 Å². The maximum atomic E-state index is 11.5. The lowest BCUT2D eigenvalue weighted by Crippen LogP contribution is -2.38. The van der Waals surface area contributed by atoms with E-state index in [0.717, 1.165) is 18.0 Å². The number of carbonyl (C=O) groups excluding carboxylic acids is 1. The molecule has 124 valence electrons. The highest BCUT2D eigenvalue weighted by Crippen LogP contribution is 2.34. The third-order valence-corrected chi connectivity index (χ3v) is 3.83. The number of hydrogen-bond donors (Lipinski definition) is 0. The Balaban J connectivity index is 1.78. The predicted molar refractivity (Wildman–Crippen MR) is 94.1 cm³/mol. The zero-order valence-electron chi connectivity index (χ0n) is 13.7. The lowest BCUT2D eigenvalue weighted by atomic mass is 10.1. The van der Waals surface area contributed by atoms with Gasteiger partial charge in [-0.2, -0.15) is 0 Å². The van der Waals surface area contributed by atoms with Gasteiger partial charge in [0.25, 0.3) is 0 Å². The SMILES string of the molecule is CCOC(=O)/C=C\C1CN(Cc2ccccc2)c2ccccc2O1. The zero-order valence-corrected chi connectivity index (χ0v) is 13.7. The number of esters is 1. The summed E-state index contributed by atoms with van der Waals surface area (Å²) in [4.78, 5) is 13.8. The molecule has 0 saturated carbocycles. The van der Waals surface area contributed by atoms with Gasteiger partial charge < -0.3 is 14.4 Å². The topological polar surface area (TPSA) is 38.8 Å². The first kappa shape index (κ1) is 16.1. The Morgan fingerprint density at radius 1 is 1.21 bits per heavy atom. The van der Waals surface area contributed by atoms with Crippen molar-refractivity contribution in [2.75, 3.05) is 18.1 Å². The highest BCUT2D eigenvalue weighted by Gasteiger charge is 2.24. The van der Waals surface area contributed by atoms with Crippen molar-refractivity contribution in [3.05, 3.63) is 72.3 Å². The summed E-state index contributed by atoms with van der Waals surface area (Å²) in [5.41, 5.74) is 2.31. The first-order valence-corrected chi connectivity index (χ1v) is 8.16. The molecular weight excluding hydrogens is 302 g/mol. The number of para-hydroxylation sites is 2. The number of benzene rings is 2. The van der Waals surface area contributed by atoms with Gasteiger partial charge in [0, 0.05) is 12.6 Å². The van der Waals surface area contributed by atoms with E-state index in [2.05, 4.69) is 23.1 Å². The first-order chi connectivity index (χ1) is 11.8. The molecule has 1 aliphatic heterocycles. The second kappa shape index (κ2) is 7.68. The molecule has 0 N–H and O–H groups in total. The molecule has 0 fully saturated rings. The van der Waals surface area contributed by atoms with Crippen molar-refractivity contribution in [2.45, 2.75) is 19.6 Å². The summed E-state index contributed by atoms with van der Waals surface area (Å²) in [5.74, 6) is 0.493. The summed E-state index contributed by atoms with van der Waals surface area (Å²) in [5, 5.41) is 0. The Morgan fingerprint density at radius 2 is 1.96 bits per heavy atom. The number of carbonyl (C=O) groups is 1. The third kappa shape index (κ3) is 3.96. The standard InChI is InChI=1S/C20H21NO3/c1-2-23-20(22)13-12-17-15-21(14-16-8-4-3-5-9-16)18-10-6-7-11-19(18)24-17/h3-13,17H,2,14-15H2,1H3/b13-12-. The molecule has 0 aliphatic carbocycles. The Kier molecular flexibility index (Phi) is 5.16. The normalized spacial score (nSPS) is 16.5. The summed E-state index contributed by atoms with van der Waals surface area (Å²) in [6.07, 6.45) is 3.03. The maximum absolute atomic E-state index is 11.5. The van der Waals surface area contributed by atoms with E-state index in [0.29, 0.717) is 13.2 Å². The molecule has 1 atom stereocenters. The Labute approximate surface area is 142 Å². The van der Waals surface area contributed by atoms with Crippen LogP contribution in [-0.4, -0.2) is 25.2 Å². The molecule has 0 radical (unpaired) electrons. The van der Waals surface area contributed by atoms with Crippen LogP contribution in [0.25, 0.3) is 0 Å². The van der Waals surface area contributed by atoms with Crippen molar-refractivity contribution in [1.29, 1.82) is 0 Å². The molecule has 24 heavy (non-hydrogen) atoms. The molecule has 3 rings (SSSR count). The van der Waals surface area contributed by atoms with Gasteiger partial charge in [0.05, 0.1) is 18.8 Å². The molecule has 2 aromatic carbocycles. The lowest BCUT2D eigenvalue weighted by Gasteiger charge is -2.35. The summed E-state index contributed by atoms with van der Waals surface area (Å²) in [6, 6.07) is 18.3. The quantitative estimate of drug-likeness (QED) is 0.623. The van der Waals surface area contributed by atoms with Crippen LogP contribution in [0.4, 0.5) is 5.69 Å². The molecule has 2 aromatic rings. The average molecular weight is 323 g/mol. The van der Waals surface area contributed by atoms with Crippen LogP contribution in [0.15, 0.2) is 66.7 Å². The maximum Gasteiger partial charge on any atom is 0.330 e. The van der Waals surface area contributed by atoms with Gasteiger partial charge in [0.1, 0.15) is 11.9 Å². The van der Waals surface area contributed by atoms with Crippen LogP contribution in [0.5, 0.6) is 5.75 Å². The first-order valence-electron chi connectivity index (χ1n) is 8.16. The van der Waals surface area contributed by atoms with E-state index in [1.165, 1.54) is 11.6 Å². The summed E-state index contributed by atoms with van der Waals surface area (Å²) < 4.78 is 10.9. The van der Waals surface area contributed by atoms with Gasteiger partial charge in [-0.1, -0.05) is 42.5 Å². The van der Waals surface area contributed by atoms with Gasteiger partial charge in [0.15, 0.2) is 0 Å². The van der Waals surface area contributed by atoms with Crippen molar-refractivity contribution < 1.29 is 14.3 Å². The van der Waals surface area contributed by atoms with E-state index < -0.39 is 0 Å². The van der Waals surface area contributed by atoms with Gasteiger partial charge in [-0.15, -0.1) is 0 Å². The van der Waals surface area contributed by atoms with E-state index in [4.69, 9.17) is 9.47 Å². The molecule has 1 unspecified atom stereocenters. The molecule has 1 aliphatic rings. The number of nitrogens with zero attached hydrogens (tertiary/aromatic N) is 1. The van der Waals surface area contributed by atoms with Crippen molar-refractivity contribution in [3.63, 3.8) is 0 Å². The van der Waals surface area contributed by atoms with Crippen molar-refractivity contribution in [2.24, 2.45) is 0 Å². The van der Waals surface area contributed by atoms with Crippen LogP contribution in [0.2, 0.25) is 0 Å². The number of anilines is 1. The molecule has 4 heteroatoms. The lowest BCUT2D eigenvalue weighted by molar-refractivity contribution is -0.137. The van der Waals surface area contributed by atoms with Gasteiger partial charge in [-0.3, -0.25) is 0 Å². The van der Waals surface area contributed by atoms with E-state index in [-0.39, 0.29) is 12.1 Å². The van der Waals surface area contributed by atoms with Crippen LogP contribution < -0.4 is 9.64 Å². The summed E-state index contributed by atoms with van der Waals surface area (Å²) in [7, 11) is 0. The summed E-state index contributed by atoms with van der Waals surface area (Å²) in [6.45, 7) is 3.64. The monoisotopic (exact) mass is 323 g/mol. The van der Waals surface area contributed by atoms with Crippen LogP contribution in [0.1, 0.15) is 12.5 Å². The van der Waals surface area contributed by atoms with Crippen LogP contribution in [0.3, 0.4) is 0 Å². The molecule has 1 heterocycles. The van der Waals surface area contributed by atoms with Crippen LogP contribution in [0, 0.1) is 0 Å². The van der Waals surface area contributed by atoms with Crippen LogP contribution >= 0.6 is 0 Å². The van der Waals surface area contributed by atoms with Gasteiger partial charge in [-0.25, -0.2) is 4.79 Å². The second-order valence-electron chi connectivity index (χ2n) is 5.60. The summed E-state index contributed by atoms with van der Waals surface area (Å²) >= 11 is 0. The molecule has 0 amide bonds. The van der Waals surface area contributed by atoms with Crippen molar-refractivity contribution >= 4 is 11.7 Å². The Morgan fingerprint density at radius 3 is 2.75 bits per heavy atom. The molecule has 0 saturated heterocycles. The smallest absolute Gasteiger partial charge is 0.330 e. The molecular formula is C20H21NO3. The van der Waals surface area contributed by atoms with Crippen molar-refractivity contribution in [1.82, 2.24) is 0 Å². The minimum Gasteiger partial charge on any atom is -0.482 e. The Hall–Kier alpha value is -2.75. The minimum atomic E-state index is -0.338. The number of ether oxygens (including phenoxy) is 2. The van der Waals surface area contributed by atoms with E-state index in [1.54, 1.807) is 13.0 Å². The predicted octanol–water partition coefficient (Wildman–Crippen LogP) is 3.57. The van der Waals surface area contributed by atoms with E-state index >= 15 is 0 Å². The fourth-order valence-electron chi connectivity index (χ4n) is 2.76. The average Bonchev–Trinajstić information content (AvgIpc) is 2.61. The minimum absolute atomic E-state index is 0.187. The highest BCUT2D eigenvalue weighted by atomic mass is 16.5. The van der Waals surface area contributed by atoms with E-state index in [1.807, 2.05) is 36.4 Å². The number of rotatable bonds is 5. The fraction of sp³-hybridized carbons (Fsp3) is 0.250. The Bertz CT molecular complexity index is 712. The highest BCUT2D eigenvalue weighted by molar-refractivity contribution is 5.82. The van der Waals surface area contributed by atoms with Gasteiger partial charge in [-0.05, 0) is 30.7 Å². The molecule has 0 spiro atoms. The van der Waals surface area contributed by atoms with E-state index in [9.17, 15) is 4.79 Å². The zero-order chi connectivity index (χ0) is 16.8. The molecule has 0 bridgehead atoms.